The molecule has 0 bridgehead atoms. The molecular weight excluding hydrogens is 512 g/mol. The Morgan fingerprint density at radius 1 is 0.829 bits per heavy atom. The lowest BCUT2D eigenvalue weighted by atomic mass is 10.0. The van der Waals surface area contributed by atoms with Gasteiger partial charge in [0.25, 0.3) is 0 Å². The van der Waals surface area contributed by atoms with Crippen molar-refractivity contribution >= 4 is 35.0 Å². The van der Waals surface area contributed by atoms with Gasteiger partial charge in [0.1, 0.15) is 0 Å². The SMILES string of the molecule is Cc1ccc(CC(=O)Nc2ccc(NC(=O)/C=C/c3ccc(C(C#N)C#N)cc3)cc2C(=O)c2ccccc2)cc1. The second-order valence-electron chi connectivity index (χ2n) is 9.35. The van der Waals surface area contributed by atoms with Crippen molar-refractivity contribution in [3.63, 3.8) is 0 Å². The fourth-order valence-electron chi connectivity index (χ4n) is 4.08. The van der Waals surface area contributed by atoms with Crippen molar-refractivity contribution in [2.45, 2.75) is 19.3 Å². The molecule has 41 heavy (non-hydrogen) atoms. The smallest absolute Gasteiger partial charge is 0.248 e. The maximum absolute atomic E-state index is 13.4. The highest BCUT2D eigenvalue weighted by molar-refractivity contribution is 6.15. The van der Waals surface area contributed by atoms with Gasteiger partial charge in [0.2, 0.25) is 11.8 Å². The standard InChI is InChI=1S/C34H26N4O3/c1-23-7-9-25(10-8-23)19-33(40)38-31-17-16-29(20-30(31)34(41)27-5-3-2-4-6-27)37-32(39)18-13-24-11-14-26(15-12-24)28(21-35)22-36/h2-18,20,28H,19H2,1H3,(H,37,39)(H,38,40)/b18-13+. The topological polar surface area (TPSA) is 123 Å². The van der Waals surface area contributed by atoms with E-state index in [4.69, 9.17) is 10.5 Å². The van der Waals surface area contributed by atoms with Gasteiger partial charge in [0.15, 0.2) is 11.7 Å². The van der Waals surface area contributed by atoms with Crippen LogP contribution in [0.25, 0.3) is 6.08 Å². The van der Waals surface area contributed by atoms with Crippen LogP contribution in [0.1, 0.15) is 44.1 Å². The zero-order chi connectivity index (χ0) is 29.2. The van der Waals surface area contributed by atoms with Crippen LogP contribution < -0.4 is 10.6 Å². The lowest BCUT2D eigenvalue weighted by Gasteiger charge is -2.13. The molecule has 4 aromatic rings. The quantitative estimate of drug-likeness (QED) is 0.194. The Balaban J connectivity index is 1.51. The molecule has 4 rings (SSSR count). The maximum atomic E-state index is 13.4. The number of hydrogen-bond acceptors (Lipinski definition) is 5. The summed E-state index contributed by atoms with van der Waals surface area (Å²) in [5.41, 5.74) is 4.67. The zero-order valence-corrected chi connectivity index (χ0v) is 22.3. The Kier molecular flexibility index (Phi) is 9.17. The number of aryl methyl sites for hydroxylation is 1. The molecule has 0 saturated heterocycles. The van der Waals surface area contributed by atoms with E-state index in [1.165, 1.54) is 6.08 Å². The molecule has 0 saturated carbocycles. The summed E-state index contributed by atoms with van der Waals surface area (Å²) in [4.78, 5) is 38.9. The van der Waals surface area contributed by atoms with Crippen LogP contribution in [-0.4, -0.2) is 17.6 Å². The molecule has 0 heterocycles. The molecule has 2 N–H and O–H groups in total. The fourth-order valence-corrected chi connectivity index (χ4v) is 4.08. The van der Waals surface area contributed by atoms with Gasteiger partial charge in [-0.2, -0.15) is 10.5 Å². The predicted octanol–water partition coefficient (Wildman–Crippen LogP) is 6.19. The number of nitriles is 2. The van der Waals surface area contributed by atoms with Crippen molar-refractivity contribution in [2.24, 2.45) is 0 Å². The van der Waals surface area contributed by atoms with Crippen LogP contribution in [-0.2, 0) is 16.0 Å². The molecule has 0 aliphatic rings. The van der Waals surface area contributed by atoms with E-state index >= 15 is 0 Å². The Morgan fingerprint density at radius 3 is 2.17 bits per heavy atom. The van der Waals surface area contributed by atoms with Crippen LogP contribution in [0.5, 0.6) is 0 Å². The summed E-state index contributed by atoms with van der Waals surface area (Å²) in [6.07, 6.45) is 3.09. The first-order chi connectivity index (χ1) is 19.9. The summed E-state index contributed by atoms with van der Waals surface area (Å²) >= 11 is 0. The van der Waals surface area contributed by atoms with Crippen LogP contribution in [0.3, 0.4) is 0 Å². The average molecular weight is 539 g/mol. The highest BCUT2D eigenvalue weighted by atomic mass is 16.2. The van der Waals surface area contributed by atoms with Crippen LogP contribution in [0.15, 0.2) is 103 Å². The third-order valence-electron chi connectivity index (χ3n) is 6.28. The summed E-state index contributed by atoms with van der Waals surface area (Å²) in [7, 11) is 0. The molecule has 7 nitrogen and oxygen atoms in total. The second kappa shape index (κ2) is 13.3. The third-order valence-corrected chi connectivity index (χ3v) is 6.28. The molecule has 2 amide bonds. The van der Waals surface area contributed by atoms with E-state index < -0.39 is 11.8 Å². The molecule has 200 valence electrons. The summed E-state index contributed by atoms with van der Waals surface area (Å²) < 4.78 is 0. The Labute approximate surface area is 238 Å². The second-order valence-corrected chi connectivity index (χ2v) is 9.35. The minimum atomic E-state index is -0.848. The average Bonchev–Trinajstić information content (AvgIpc) is 2.99. The van der Waals surface area contributed by atoms with E-state index in [-0.39, 0.29) is 23.7 Å². The summed E-state index contributed by atoms with van der Waals surface area (Å²) in [6.45, 7) is 1.97. The van der Waals surface area contributed by atoms with E-state index in [9.17, 15) is 14.4 Å². The van der Waals surface area contributed by atoms with Crippen LogP contribution in [0.2, 0.25) is 0 Å². The minimum absolute atomic E-state index is 0.150. The number of amides is 2. The van der Waals surface area contributed by atoms with Gasteiger partial charge in [-0.25, -0.2) is 0 Å². The van der Waals surface area contributed by atoms with Crippen molar-refractivity contribution in [3.05, 3.63) is 137 Å². The molecule has 0 aromatic heterocycles. The van der Waals surface area contributed by atoms with E-state index in [1.54, 1.807) is 72.8 Å². The number of benzene rings is 4. The molecule has 7 heteroatoms. The first-order valence-electron chi connectivity index (χ1n) is 12.8. The lowest BCUT2D eigenvalue weighted by Crippen LogP contribution is -2.18. The Bertz CT molecular complexity index is 1660. The summed E-state index contributed by atoms with van der Waals surface area (Å²) in [6, 6.07) is 31.7. The molecule has 0 unspecified atom stereocenters. The molecule has 0 radical (unpaired) electrons. The van der Waals surface area contributed by atoms with Gasteiger partial charge >= 0.3 is 0 Å². The predicted molar refractivity (Wildman–Crippen MR) is 158 cm³/mol. The van der Waals surface area contributed by atoms with Crippen molar-refractivity contribution < 1.29 is 14.4 Å². The number of hydrogen-bond donors (Lipinski definition) is 2. The van der Waals surface area contributed by atoms with E-state index in [1.807, 2.05) is 49.4 Å². The monoisotopic (exact) mass is 538 g/mol. The fraction of sp³-hybridized carbons (Fsp3) is 0.0882. The normalized spacial score (nSPS) is 10.5. The molecule has 0 aliphatic heterocycles. The van der Waals surface area contributed by atoms with Gasteiger partial charge in [-0.3, -0.25) is 14.4 Å². The van der Waals surface area contributed by atoms with Gasteiger partial charge in [0.05, 0.1) is 24.2 Å². The van der Waals surface area contributed by atoms with Crippen molar-refractivity contribution in [1.82, 2.24) is 0 Å². The molecule has 0 fully saturated rings. The molecule has 0 spiro atoms. The maximum Gasteiger partial charge on any atom is 0.248 e. The van der Waals surface area contributed by atoms with Crippen LogP contribution in [0.4, 0.5) is 11.4 Å². The lowest BCUT2D eigenvalue weighted by molar-refractivity contribution is -0.115. The van der Waals surface area contributed by atoms with Gasteiger partial charge in [0, 0.05) is 22.9 Å². The van der Waals surface area contributed by atoms with E-state index in [0.29, 0.717) is 28.1 Å². The molecule has 0 aliphatic carbocycles. The van der Waals surface area contributed by atoms with Crippen LogP contribution >= 0.6 is 0 Å². The van der Waals surface area contributed by atoms with Crippen LogP contribution in [0, 0.1) is 29.6 Å². The molecule has 0 atom stereocenters. The molecule has 4 aromatic carbocycles. The first kappa shape index (κ1) is 28.2. The highest BCUT2D eigenvalue weighted by Gasteiger charge is 2.17. The number of anilines is 2. The highest BCUT2D eigenvalue weighted by Crippen LogP contribution is 2.25. The van der Waals surface area contributed by atoms with Gasteiger partial charge < -0.3 is 10.6 Å². The van der Waals surface area contributed by atoms with E-state index in [2.05, 4.69) is 10.6 Å². The number of nitrogens with zero attached hydrogens (tertiary/aromatic N) is 2. The van der Waals surface area contributed by atoms with Gasteiger partial charge in [-0.1, -0.05) is 84.4 Å². The Morgan fingerprint density at radius 2 is 1.51 bits per heavy atom. The minimum Gasteiger partial charge on any atom is -0.325 e. The summed E-state index contributed by atoms with van der Waals surface area (Å²) in [5.74, 6) is -1.83. The zero-order valence-electron chi connectivity index (χ0n) is 22.3. The number of nitrogens with one attached hydrogen (secondary N) is 2. The molecular formula is C34H26N4O3. The number of carbonyl (C=O) groups is 3. The van der Waals surface area contributed by atoms with Crippen molar-refractivity contribution in [1.29, 1.82) is 10.5 Å². The van der Waals surface area contributed by atoms with Gasteiger partial charge in [-0.05, 0) is 47.9 Å². The van der Waals surface area contributed by atoms with E-state index in [0.717, 1.165) is 11.1 Å². The number of ketones is 1. The summed E-state index contributed by atoms with van der Waals surface area (Å²) in [5, 5.41) is 23.7. The Hall–Kier alpha value is -5.79. The number of carbonyl (C=O) groups excluding carboxylic acids is 3. The van der Waals surface area contributed by atoms with Crippen molar-refractivity contribution in [3.8, 4) is 12.1 Å². The van der Waals surface area contributed by atoms with Crippen molar-refractivity contribution in [2.75, 3.05) is 10.6 Å². The van der Waals surface area contributed by atoms with Gasteiger partial charge in [-0.15, -0.1) is 0 Å². The first-order valence-corrected chi connectivity index (χ1v) is 12.8. The largest absolute Gasteiger partial charge is 0.325 e. The number of rotatable bonds is 9. The third kappa shape index (κ3) is 7.63.